The van der Waals surface area contributed by atoms with E-state index < -0.39 is 5.97 Å². The van der Waals surface area contributed by atoms with Crippen LogP contribution in [0, 0.1) is 13.5 Å². The highest BCUT2D eigenvalue weighted by molar-refractivity contribution is 6.44. The molecule has 0 saturated heterocycles. The molecule has 150 valence electrons. The maximum Gasteiger partial charge on any atom is 0.336 e. The van der Waals surface area contributed by atoms with Crippen LogP contribution in [-0.4, -0.2) is 18.4 Å². The van der Waals surface area contributed by atoms with Crippen molar-refractivity contribution in [3.8, 4) is 0 Å². The number of aryl methyl sites for hydroxylation is 1. The maximum absolute atomic E-state index is 13.3. The third-order valence-corrected chi connectivity index (χ3v) is 4.85. The number of rotatable bonds is 6. The molecule has 3 rings (SSSR count). The normalized spacial score (nSPS) is 15.0. The summed E-state index contributed by atoms with van der Waals surface area (Å²) in [5, 5.41) is 0. The predicted octanol–water partition coefficient (Wildman–Crippen LogP) is 5.56. The van der Waals surface area contributed by atoms with Crippen LogP contribution in [0.3, 0.4) is 0 Å². The van der Waals surface area contributed by atoms with Crippen molar-refractivity contribution in [3.63, 3.8) is 0 Å². The third-order valence-electron chi connectivity index (χ3n) is 4.85. The molecule has 1 aliphatic rings. The first kappa shape index (κ1) is 21.0. The van der Waals surface area contributed by atoms with Gasteiger partial charge in [0.2, 0.25) is 0 Å². The summed E-state index contributed by atoms with van der Waals surface area (Å²) in [4.78, 5) is 29.3. The Morgan fingerprint density at radius 2 is 1.57 bits per heavy atom. The molecule has 1 aliphatic carbocycles. The van der Waals surface area contributed by atoms with Crippen molar-refractivity contribution in [2.75, 3.05) is 6.61 Å². The molecule has 30 heavy (non-hydrogen) atoms. The molecule has 0 fully saturated rings. The molecule has 0 heterocycles. The quantitative estimate of drug-likeness (QED) is 0.277. The van der Waals surface area contributed by atoms with E-state index in [1.165, 1.54) is 0 Å². The summed E-state index contributed by atoms with van der Waals surface area (Å²) in [6.07, 6.45) is 4.86. The summed E-state index contributed by atoms with van der Waals surface area (Å²) in [7, 11) is 0. The summed E-state index contributed by atoms with van der Waals surface area (Å²) in [6.45, 7) is 11.8. The van der Waals surface area contributed by atoms with Crippen molar-refractivity contribution in [1.82, 2.24) is 0 Å². The number of Topliss-reactive ketones (excluding diaryl/α,β-unsaturated/α-hetero) is 1. The Hall–Kier alpha value is -3.71. The highest BCUT2D eigenvalue weighted by Gasteiger charge is 2.26. The monoisotopic (exact) mass is 397 g/mol. The van der Waals surface area contributed by atoms with Crippen molar-refractivity contribution in [3.05, 3.63) is 106 Å². The molecular weight excluding hydrogens is 374 g/mol. The zero-order valence-corrected chi connectivity index (χ0v) is 17.1. The Balaban J connectivity index is 2.13. The zero-order valence-electron chi connectivity index (χ0n) is 17.1. The molecule has 0 radical (unpaired) electrons. The smallest absolute Gasteiger partial charge is 0.336 e. The van der Waals surface area contributed by atoms with Gasteiger partial charge in [0.15, 0.2) is 5.78 Å². The van der Waals surface area contributed by atoms with Crippen molar-refractivity contribution in [2.45, 2.75) is 26.7 Å². The average molecular weight is 397 g/mol. The molecule has 0 unspecified atom stereocenters. The summed E-state index contributed by atoms with van der Waals surface area (Å²) < 4.78 is 5.26. The van der Waals surface area contributed by atoms with Crippen molar-refractivity contribution >= 4 is 22.9 Å². The van der Waals surface area contributed by atoms with Crippen LogP contribution in [0.2, 0.25) is 0 Å². The lowest BCUT2D eigenvalue weighted by atomic mass is 9.85. The fraction of sp³-hybridized carbons (Fsp3) is 0.192. The summed E-state index contributed by atoms with van der Waals surface area (Å²) in [5.74, 6) is -0.802. The van der Waals surface area contributed by atoms with Gasteiger partial charge in [0, 0.05) is 11.1 Å². The van der Waals surface area contributed by atoms with Crippen LogP contribution in [0.15, 0.2) is 78.0 Å². The van der Waals surface area contributed by atoms with E-state index in [9.17, 15) is 9.59 Å². The first-order valence-corrected chi connectivity index (χ1v) is 9.94. The largest absolute Gasteiger partial charge is 0.471 e. The topological polar surface area (TPSA) is 47.7 Å². The van der Waals surface area contributed by atoms with Crippen LogP contribution >= 0.6 is 0 Å². The molecule has 2 aromatic rings. The Morgan fingerprint density at radius 1 is 0.967 bits per heavy atom. The highest BCUT2D eigenvalue weighted by Crippen LogP contribution is 2.33. The minimum absolute atomic E-state index is 0.114. The molecule has 0 atom stereocenters. The number of ether oxygens (including phenoxy) is 1. The summed E-state index contributed by atoms with van der Waals surface area (Å²) in [5.41, 5.74) is 3.74. The van der Waals surface area contributed by atoms with Gasteiger partial charge in [-0.2, -0.15) is 0 Å². The van der Waals surface area contributed by atoms with E-state index in [0.717, 1.165) is 29.5 Å². The van der Waals surface area contributed by atoms with Gasteiger partial charge in [0.05, 0.1) is 13.2 Å². The molecule has 4 nitrogen and oxygen atoms in total. The molecule has 0 aromatic heterocycles. The third kappa shape index (κ3) is 4.64. The molecule has 0 N–H and O–H groups in total. The number of unbranched alkanes of at least 4 members (excludes halogenated alkanes) is 1. The standard InChI is InChI=1S/C26H23NO3/c1-4-5-15-30-26(29)24(27-3)21-16-22(19-9-7-6-8-10-19)25(28)23(17-21)20-13-11-18(2)12-14-20/h6-14,16-17H,4-5,15H2,1-2H3/b24-21+. The second kappa shape index (κ2) is 9.67. The molecule has 0 aliphatic heterocycles. The average Bonchev–Trinajstić information content (AvgIpc) is 2.76. The van der Waals surface area contributed by atoms with Gasteiger partial charge < -0.3 is 4.74 Å². The van der Waals surface area contributed by atoms with Crippen LogP contribution in [-0.2, 0) is 14.3 Å². The second-order valence-corrected chi connectivity index (χ2v) is 7.08. The fourth-order valence-electron chi connectivity index (χ4n) is 3.15. The molecule has 4 heteroatoms. The van der Waals surface area contributed by atoms with E-state index in [-0.39, 0.29) is 18.1 Å². The van der Waals surface area contributed by atoms with E-state index in [0.29, 0.717) is 16.7 Å². The van der Waals surface area contributed by atoms with Gasteiger partial charge in [-0.05, 0) is 30.0 Å². The minimum Gasteiger partial charge on any atom is -0.471 e. The number of hydrogen-bond donors (Lipinski definition) is 0. The first-order valence-electron chi connectivity index (χ1n) is 9.94. The molecule has 0 bridgehead atoms. The number of nitrogens with zero attached hydrogens (tertiary/aromatic N) is 1. The fourth-order valence-corrected chi connectivity index (χ4v) is 3.15. The predicted molar refractivity (Wildman–Crippen MR) is 118 cm³/mol. The summed E-state index contributed by atoms with van der Waals surface area (Å²) in [6, 6.07) is 16.9. The number of ketones is 1. The Kier molecular flexibility index (Phi) is 6.77. The van der Waals surface area contributed by atoms with Crippen molar-refractivity contribution in [1.29, 1.82) is 0 Å². The SMILES string of the molecule is [C-]#[N+]/C(C(=O)OCCCC)=C1\C=C(c2ccccc2)C(=O)C(c2ccc(C)cc2)=C1. The van der Waals surface area contributed by atoms with E-state index in [2.05, 4.69) is 4.85 Å². The molecule has 0 spiro atoms. The van der Waals surface area contributed by atoms with Crippen LogP contribution in [0.4, 0.5) is 0 Å². The number of carbonyl (C=O) groups excluding carboxylic acids is 2. The minimum atomic E-state index is -0.661. The van der Waals surface area contributed by atoms with Gasteiger partial charge >= 0.3 is 5.97 Å². The number of esters is 1. The van der Waals surface area contributed by atoms with Crippen molar-refractivity contribution in [2.24, 2.45) is 0 Å². The first-order chi connectivity index (χ1) is 14.5. The van der Waals surface area contributed by atoms with Crippen molar-refractivity contribution < 1.29 is 14.3 Å². The van der Waals surface area contributed by atoms with Gasteiger partial charge in [-0.15, -0.1) is 0 Å². The Bertz CT molecular complexity index is 1080. The Labute approximate surface area is 177 Å². The van der Waals surface area contributed by atoms with Crippen LogP contribution in [0.5, 0.6) is 0 Å². The van der Waals surface area contributed by atoms with Gasteiger partial charge in [-0.1, -0.05) is 85.7 Å². The Morgan fingerprint density at radius 3 is 2.13 bits per heavy atom. The second-order valence-electron chi connectivity index (χ2n) is 7.08. The molecule has 2 aromatic carbocycles. The lowest BCUT2D eigenvalue weighted by Gasteiger charge is -2.18. The molecular formula is C26H23NO3. The van der Waals surface area contributed by atoms with Gasteiger partial charge in [0.1, 0.15) is 0 Å². The highest BCUT2D eigenvalue weighted by atomic mass is 16.5. The van der Waals surface area contributed by atoms with E-state index in [4.69, 9.17) is 11.3 Å². The number of carbonyl (C=O) groups is 2. The van der Waals surface area contributed by atoms with Gasteiger partial charge in [0.25, 0.3) is 5.70 Å². The maximum atomic E-state index is 13.3. The van der Waals surface area contributed by atoms with Crippen LogP contribution in [0.25, 0.3) is 16.0 Å². The molecule has 0 saturated carbocycles. The number of benzene rings is 2. The van der Waals surface area contributed by atoms with Gasteiger partial charge in [-0.25, -0.2) is 4.85 Å². The van der Waals surface area contributed by atoms with Crippen LogP contribution in [0.1, 0.15) is 36.5 Å². The van der Waals surface area contributed by atoms with E-state index >= 15 is 0 Å². The lowest BCUT2D eigenvalue weighted by molar-refractivity contribution is -0.138. The van der Waals surface area contributed by atoms with Crippen LogP contribution < -0.4 is 0 Å². The van der Waals surface area contributed by atoms with Gasteiger partial charge in [-0.3, -0.25) is 9.59 Å². The lowest BCUT2D eigenvalue weighted by Crippen LogP contribution is -2.13. The zero-order chi connectivity index (χ0) is 21.5. The molecule has 0 amide bonds. The van der Waals surface area contributed by atoms with E-state index in [1.807, 2.05) is 68.4 Å². The number of hydrogen-bond acceptors (Lipinski definition) is 3. The van der Waals surface area contributed by atoms with E-state index in [1.54, 1.807) is 12.2 Å². The summed E-state index contributed by atoms with van der Waals surface area (Å²) >= 11 is 0. The number of allylic oxidation sites excluding steroid dienone is 5.